The maximum absolute atomic E-state index is 10.8. The molecule has 0 spiro atoms. The lowest BCUT2D eigenvalue weighted by Crippen LogP contribution is -3.00. The number of ketones is 1. The molecular formula is C10H15BrN2O. The molecule has 0 aromatic carbocycles. The number of nitrogens with zero attached hydrogens (tertiary/aromatic N) is 2. The van der Waals surface area contributed by atoms with Crippen LogP contribution in [0.2, 0.25) is 0 Å². The second kappa shape index (κ2) is 5.75. The molecule has 0 atom stereocenters. The molecule has 0 aliphatic carbocycles. The fourth-order valence-corrected chi connectivity index (χ4v) is 1.11. The third-order valence-electron chi connectivity index (χ3n) is 1.80. The van der Waals surface area contributed by atoms with E-state index in [9.17, 15) is 4.79 Å². The van der Waals surface area contributed by atoms with E-state index in [-0.39, 0.29) is 22.8 Å². The first-order valence-electron chi connectivity index (χ1n) is 4.25. The number of hydrogen-bond acceptors (Lipinski definition) is 2. The molecule has 0 aliphatic rings. The van der Waals surface area contributed by atoms with Crippen LogP contribution in [0.15, 0.2) is 24.5 Å². The Morgan fingerprint density at radius 2 is 1.86 bits per heavy atom. The standard InChI is InChI=1S/C10H15N2O.BrH/c1-9(13)8-12-6-4-10(5-7-12)11(2)3;/h4-7H,8H2,1-3H3;1H/q+1;/p-1. The Labute approximate surface area is 95.1 Å². The van der Waals surface area contributed by atoms with Crippen LogP contribution in [0.1, 0.15) is 6.92 Å². The van der Waals surface area contributed by atoms with E-state index in [1.165, 1.54) is 0 Å². The summed E-state index contributed by atoms with van der Waals surface area (Å²) in [6.45, 7) is 2.04. The highest BCUT2D eigenvalue weighted by Gasteiger charge is 2.04. The quantitative estimate of drug-likeness (QED) is 0.567. The molecule has 0 aliphatic heterocycles. The molecule has 0 amide bonds. The summed E-state index contributed by atoms with van der Waals surface area (Å²) in [5.41, 5.74) is 1.14. The van der Waals surface area contributed by atoms with Crippen molar-refractivity contribution >= 4 is 11.5 Å². The van der Waals surface area contributed by atoms with Crippen molar-refractivity contribution in [2.75, 3.05) is 19.0 Å². The fraction of sp³-hybridized carbons (Fsp3) is 0.400. The van der Waals surface area contributed by atoms with E-state index in [0.717, 1.165) is 5.69 Å². The monoisotopic (exact) mass is 258 g/mol. The summed E-state index contributed by atoms with van der Waals surface area (Å²) < 4.78 is 1.87. The first kappa shape index (κ1) is 13.1. The summed E-state index contributed by atoms with van der Waals surface area (Å²) in [5, 5.41) is 0. The maximum Gasteiger partial charge on any atom is 0.206 e. The molecule has 3 nitrogen and oxygen atoms in total. The molecule has 78 valence electrons. The number of rotatable bonds is 3. The maximum atomic E-state index is 10.8. The van der Waals surface area contributed by atoms with Gasteiger partial charge in [-0.3, -0.25) is 4.79 Å². The van der Waals surface area contributed by atoms with Crippen molar-refractivity contribution in [3.05, 3.63) is 24.5 Å². The third kappa shape index (κ3) is 3.87. The Morgan fingerprint density at radius 3 is 2.21 bits per heavy atom. The number of anilines is 1. The molecule has 0 fully saturated rings. The zero-order valence-corrected chi connectivity index (χ0v) is 10.3. The Kier molecular flexibility index (Phi) is 5.38. The van der Waals surface area contributed by atoms with Crippen LogP contribution in [0.3, 0.4) is 0 Å². The molecule has 1 rings (SSSR count). The summed E-state index contributed by atoms with van der Waals surface area (Å²) in [5.74, 6) is 0.169. The molecular weight excluding hydrogens is 244 g/mol. The Hall–Kier alpha value is -0.900. The Bertz CT molecular complexity index is 295. The van der Waals surface area contributed by atoms with E-state index in [2.05, 4.69) is 0 Å². The minimum atomic E-state index is 0. The zero-order chi connectivity index (χ0) is 9.84. The molecule has 0 bridgehead atoms. The first-order chi connectivity index (χ1) is 6.09. The van der Waals surface area contributed by atoms with Crippen molar-refractivity contribution in [3.8, 4) is 0 Å². The number of hydrogen-bond donors (Lipinski definition) is 0. The molecule has 4 heteroatoms. The zero-order valence-electron chi connectivity index (χ0n) is 8.70. The summed E-state index contributed by atoms with van der Waals surface area (Å²) in [6, 6.07) is 3.98. The van der Waals surface area contributed by atoms with Crippen molar-refractivity contribution in [2.24, 2.45) is 0 Å². The van der Waals surface area contributed by atoms with Crippen LogP contribution in [0.5, 0.6) is 0 Å². The highest BCUT2D eigenvalue weighted by molar-refractivity contribution is 5.73. The molecule has 0 saturated carbocycles. The largest absolute Gasteiger partial charge is 1.00 e. The van der Waals surface area contributed by atoms with E-state index < -0.39 is 0 Å². The molecule has 1 aromatic rings. The highest BCUT2D eigenvalue weighted by Crippen LogP contribution is 2.05. The van der Waals surface area contributed by atoms with E-state index in [1.54, 1.807) is 6.92 Å². The van der Waals surface area contributed by atoms with Gasteiger partial charge >= 0.3 is 0 Å². The van der Waals surface area contributed by atoms with Gasteiger partial charge in [0.05, 0.1) is 0 Å². The SMILES string of the molecule is CC(=O)C[n+]1ccc(N(C)C)cc1.[Br-]. The van der Waals surface area contributed by atoms with Gasteiger partial charge in [-0.1, -0.05) is 0 Å². The second-order valence-corrected chi connectivity index (χ2v) is 3.33. The van der Waals surface area contributed by atoms with Crippen LogP contribution < -0.4 is 26.4 Å². The molecule has 0 radical (unpaired) electrons. The molecule has 1 aromatic heterocycles. The third-order valence-corrected chi connectivity index (χ3v) is 1.80. The van der Waals surface area contributed by atoms with Crippen molar-refractivity contribution in [1.29, 1.82) is 0 Å². The van der Waals surface area contributed by atoms with Gasteiger partial charge in [-0.25, -0.2) is 0 Å². The lowest BCUT2D eigenvalue weighted by Gasteiger charge is -2.10. The summed E-state index contributed by atoms with van der Waals surface area (Å²) in [4.78, 5) is 12.8. The minimum Gasteiger partial charge on any atom is -1.00 e. The number of halogens is 1. The van der Waals surface area contributed by atoms with E-state index in [4.69, 9.17) is 0 Å². The average Bonchev–Trinajstić information content (AvgIpc) is 2.04. The van der Waals surface area contributed by atoms with Gasteiger partial charge in [-0.15, -0.1) is 0 Å². The van der Waals surface area contributed by atoms with Crippen LogP contribution >= 0.6 is 0 Å². The molecule has 0 saturated heterocycles. The van der Waals surface area contributed by atoms with Crippen molar-refractivity contribution < 1.29 is 26.3 Å². The first-order valence-corrected chi connectivity index (χ1v) is 4.25. The van der Waals surface area contributed by atoms with Gasteiger partial charge in [0.2, 0.25) is 6.54 Å². The number of carbonyl (C=O) groups is 1. The molecule has 14 heavy (non-hydrogen) atoms. The van der Waals surface area contributed by atoms with E-state index >= 15 is 0 Å². The predicted octanol–water partition coefficient (Wildman–Crippen LogP) is -2.37. The number of Topliss-reactive ketones (excluding diaryl/α,β-unsaturated/α-hetero) is 1. The van der Waals surface area contributed by atoms with Crippen LogP contribution in [-0.2, 0) is 11.3 Å². The van der Waals surface area contributed by atoms with Gasteiger partial charge in [0.25, 0.3) is 0 Å². The lowest BCUT2D eigenvalue weighted by atomic mass is 10.3. The Balaban J connectivity index is 0.00000169. The van der Waals surface area contributed by atoms with E-state index in [1.807, 2.05) is 48.1 Å². The van der Waals surface area contributed by atoms with Crippen molar-refractivity contribution in [3.63, 3.8) is 0 Å². The van der Waals surface area contributed by atoms with Gasteiger partial charge in [-0.2, -0.15) is 4.57 Å². The van der Waals surface area contributed by atoms with Gasteiger partial charge in [-0.05, 0) is 0 Å². The second-order valence-electron chi connectivity index (χ2n) is 3.33. The van der Waals surface area contributed by atoms with Gasteiger partial charge < -0.3 is 21.9 Å². The van der Waals surface area contributed by atoms with Crippen molar-refractivity contribution in [2.45, 2.75) is 13.5 Å². The molecule has 0 unspecified atom stereocenters. The number of aromatic nitrogens is 1. The minimum absolute atomic E-state index is 0. The predicted molar refractivity (Wildman–Crippen MR) is 51.6 cm³/mol. The lowest BCUT2D eigenvalue weighted by molar-refractivity contribution is -0.684. The van der Waals surface area contributed by atoms with Crippen molar-refractivity contribution in [1.82, 2.24) is 0 Å². The van der Waals surface area contributed by atoms with Gasteiger partial charge in [0.15, 0.2) is 18.2 Å². The molecule has 1 heterocycles. The van der Waals surface area contributed by atoms with Crippen LogP contribution in [-0.4, -0.2) is 19.9 Å². The summed E-state index contributed by atoms with van der Waals surface area (Å²) in [7, 11) is 3.98. The van der Waals surface area contributed by atoms with Gasteiger partial charge in [0.1, 0.15) is 0 Å². The van der Waals surface area contributed by atoms with Crippen LogP contribution in [0.4, 0.5) is 5.69 Å². The van der Waals surface area contributed by atoms with Crippen LogP contribution in [0.25, 0.3) is 0 Å². The smallest absolute Gasteiger partial charge is 0.206 e. The summed E-state index contributed by atoms with van der Waals surface area (Å²) in [6.07, 6.45) is 3.83. The molecule has 0 N–H and O–H groups in total. The van der Waals surface area contributed by atoms with Crippen LogP contribution in [0, 0.1) is 0 Å². The number of carbonyl (C=O) groups excluding carboxylic acids is 1. The number of pyridine rings is 1. The fourth-order valence-electron chi connectivity index (χ4n) is 1.11. The topological polar surface area (TPSA) is 24.2 Å². The average molecular weight is 259 g/mol. The summed E-state index contributed by atoms with van der Waals surface area (Å²) >= 11 is 0. The van der Waals surface area contributed by atoms with Gasteiger partial charge in [0, 0.05) is 38.8 Å². The normalized spacial score (nSPS) is 9.07. The highest BCUT2D eigenvalue weighted by atomic mass is 79.9. The van der Waals surface area contributed by atoms with E-state index in [0.29, 0.717) is 6.54 Å². The Morgan fingerprint density at radius 1 is 1.36 bits per heavy atom.